The number of fused-ring (bicyclic) bond motifs is 1. The van der Waals surface area contributed by atoms with Crippen molar-refractivity contribution in [2.75, 3.05) is 17.2 Å². The molecule has 1 aliphatic rings. The molecule has 1 unspecified atom stereocenters. The van der Waals surface area contributed by atoms with Crippen LogP contribution in [0.1, 0.15) is 18.1 Å². The van der Waals surface area contributed by atoms with Gasteiger partial charge < -0.3 is 15.4 Å². The van der Waals surface area contributed by atoms with E-state index in [4.69, 9.17) is 27.9 Å². The number of hydrogen-bond acceptors (Lipinski definition) is 3. The second-order valence-electron chi connectivity index (χ2n) is 6.94. The van der Waals surface area contributed by atoms with Crippen molar-refractivity contribution in [3.63, 3.8) is 0 Å². The first-order valence-electron chi connectivity index (χ1n) is 9.37. The molecule has 3 aromatic rings. The highest BCUT2D eigenvalue weighted by Gasteiger charge is 2.47. The average Bonchev–Trinajstić information content (AvgIpc) is 2.94. The normalized spacial score (nSPS) is 17.6. The van der Waals surface area contributed by atoms with E-state index in [-0.39, 0.29) is 5.91 Å². The van der Waals surface area contributed by atoms with Crippen LogP contribution in [0.15, 0.2) is 66.7 Å². The Balaban J connectivity index is 1.77. The van der Waals surface area contributed by atoms with Gasteiger partial charge in [-0.25, -0.2) is 0 Å². The molecule has 1 aliphatic heterocycles. The molecule has 6 heteroatoms. The number of amides is 1. The summed E-state index contributed by atoms with van der Waals surface area (Å²) in [6.07, 6.45) is 0.432. The summed E-state index contributed by atoms with van der Waals surface area (Å²) in [5.41, 5.74) is 2.34. The summed E-state index contributed by atoms with van der Waals surface area (Å²) in [5, 5.41) is 7.64. The van der Waals surface area contributed by atoms with E-state index in [1.807, 2.05) is 61.5 Å². The van der Waals surface area contributed by atoms with Crippen LogP contribution in [-0.4, -0.2) is 12.5 Å². The second-order valence-corrected chi connectivity index (χ2v) is 7.81. The summed E-state index contributed by atoms with van der Waals surface area (Å²) in [4.78, 5) is 13.3. The molecule has 0 bridgehead atoms. The highest BCUT2D eigenvalue weighted by molar-refractivity contribution is 6.31. The Kier molecular flexibility index (Phi) is 5.39. The van der Waals surface area contributed by atoms with Crippen molar-refractivity contribution in [2.24, 2.45) is 0 Å². The molecule has 1 atom stereocenters. The van der Waals surface area contributed by atoms with Gasteiger partial charge in [0.2, 0.25) is 0 Å². The minimum absolute atomic E-state index is 0.136. The third kappa shape index (κ3) is 3.91. The average molecular weight is 427 g/mol. The third-order valence-corrected chi connectivity index (χ3v) is 5.43. The quantitative estimate of drug-likeness (QED) is 0.516. The Labute approximate surface area is 179 Å². The fourth-order valence-corrected chi connectivity index (χ4v) is 4.07. The van der Waals surface area contributed by atoms with Crippen LogP contribution in [0.4, 0.5) is 11.4 Å². The van der Waals surface area contributed by atoms with Crippen molar-refractivity contribution in [3.8, 4) is 5.75 Å². The van der Waals surface area contributed by atoms with Gasteiger partial charge >= 0.3 is 0 Å². The molecule has 4 nitrogen and oxygen atoms in total. The summed E-state index contributed by atoms with van der Waals surface area (Å²) >= 11 is 12.3. The van der Waals surface area contributed by atoms with E-state index in [1.54, 1.807) is 12.1 Å². The molecule has 0 saturated carbocycles. The zero-order valence-electron chi connectivity index (χ0n) is 15.8. The molecule has 0 aliphatic carbocycles. The first-order valence-corrected chi connectivity index (χ1v) is 10.1. The van der Waals surface area contributed by atoms with Crippen LogP contribution in [0.2, 0.25) is 10.0 Å². The zero-order chi connectivity index (χ0) is 20.4. The summed E-state index contributed by atoms with van der Waals surface area (Å²) in [7, 11) is 0. The van der Waals surface area contributed by atoms with E-state index >= 15 is 0 Å². The van der Waals surface area contributed by atoms with Gasteiger partial charge in [0.25, 0.3) is 5.91 Å². The summed E-state index contributed by atoms with van der Waals surface area (Å²) in [6.45, 7) is 2.54. The summed E-state index contributed by atoms with van der Waals surface area (Å²) in [6, 6.07) is 20.6. The number of carbonyl (C=O) groups is 1. The largest absolute Gasteiger partial charge is 0.494 e. The lowest BCUT2D eigenvalue weighted by Crippen LogP contribution is -2.44. The van der Waals surface area contributed by atoms with Crippen LogP contribution in [0.5, 0.6) is 5.75 Å². The van der Waals surface area contributed by atoms with Gasteiger partial charge in [-0.2, -0.15) is 0 Å². The van der Waals surface area contributed by atoms with Crippen molar-refractivity contribution in [1.29, 1.82) is 0 Å². The van der Waals surface area contributed by atoms with Crippen molar-refractivity contribution in [3.05, 3.63) is 87.9 Å². The Hall–Kier alpha value is -2.69. The highest BCUT2D eigenvalue weighted by atomic mass is 35.5. The van der Waals surface area contributed by atoms with E-state index < -0.39 is 5.54 Å². The van der Waals surface area contributed by atoms with Crippen molar-refractivity contribution < 1.29 is 9.53 Å². The molecule has 0 saturated heterocycles. The van der Waals surface area contributed by atoms with Gasteiger partial charge in [0.1, 0.15) is 11.3 Å². The predicted molar refractivity (Wildman–Crippen MR) is 118 cm³/mol. The van der Waals surface area contributed by atoms with Crippen LogP contribution < -0.4 is 15.4 Å². The number of benzene rings is 3. The number of carbonyl (C=O) groups excluding carboxylic acids is 1. The second kappa shape index (κ2) is 7.97. The smallest absolute Gasteiger partial charge is 0.255 e. The maximum Gasteiger partial charge on any atom is 0.255 e. The fourth-order valence-electron chi connectivity index (χ4n) is 3.69. The molecule has 1 amide bonds. The Bertz CT molecular complexity index is 1050. The maximum atomic E-state index is 13.3. The molecule has 4 rings (SSSR count). The minimum Gasteiger partial charge on any atom is -0.494 e. The number of hydrogen-bond donors (Lipinski definition) is 2. The molecule has 0 fully saturated rings. The van der Waals surface area contributed by atoms with Crippen LogP contribution in [0, 0.1) is 0 Å². The van der Waals surface area contributed by atoms with E-state index in [0.29, 0.717) is 28.8 Å². The van der Waals surface area contributed by atoms with Crippen LogP contribution in [0.25, 0.3) is 0 Å². The number of ether oxygens (including phenoxy) is 1. The number of halogens is 2. The molecule has 0 spiro atoms. The lowest BCUT2D eigenvalue weighted by molar-refractivity contribution is -0.119. The maximum absolute atomic E-state index is 13.3. The van der Waals surface area contributed by atoms with Crippen LogP contribution in [-0.2, 0) is 16.8 Å². The van der Waals surface area contributed by atoms with Crippen molar-refractivity contribution in [2.45, 2.75) is 18.9 Å². The molecule has 148 valence electrons. The fraction of sp³-hybridized carbons (Fsp3) is 0.174. The molecule has 0 radical (unpaired) electrons. The van der Waals surface area contributed by atoms with E-state index in [1.165, 1.54) is 0 Å². The number of nitrogens with one attached hydrogen (secondary N) is 2. The van der Waals surface area contributed by atoms with Gasteiger partial charge in [0.15, 0.2) is 0 Å². The SMILES string of the molecule is CCOc1ccc(NC2(Cc3cccc(Cl)c3)C(=O)Nc3cc(Cl)ccc32)cc1. The number of anilines is 2. The van der Waals surface area contributed by atoms with Gasteiger partial charge in [0, 0.05) is 33.4 Å². The van der Waals surface area contributed by atoms with E-state index in [0.717, 1.165) is 22.6 Å². The van der Waals surface area contributed by atoms with Crippen LogP contribution in [0.3, 0.4) is 0 Å². The van der Waals surface area contributed by atoms with Crippen molar-refractivity contribution >= 4 is 40.5 Å². The highest BCUT2D eigenvalue weighted by Crippen LogP contribution is 2.42. The summed E-state index contributed by atoms with van der Waals surface area (Å²) in [5.74, 6) is 0.647. The molecular weight excluding hydrogens is 407 g/mol. The van der Waals surface area contributed by atoms with Gasteiger partial charge in [-0.05, 0) is 61.0 Å². The standard InChI is InChI=1S/C23H20Cl2N2O2/c1-2-29-19-9-7-18(8-10-19)27-23(14-15-4-3-5-16(24)12-15)20-11-6-17(25)13-21(20)26-22(23)28/h3-13,27H,2,14H2,1H3,(H,26,28). The lowest BCUT2D eigenvalue weighted by atomic mass is 9.84. The van der Waals surface area contributed by atoms with Gasteiger partial charge in [-0.3, -0.25) is 4.79 Å². The first-order chi connectivity index (χ1) is 14.0. The van der Waals surface area contributed by atoms with Gasteiger partial charge in [-0.1, -0.05) is 41.4 Å². The Morgan fingerprint density at radius 2 is 1.76 bits per heavy atom. The van der Waals surface area contributed by atoms with Gasteiger partial charge in [0.05, 0.1) is 6.61 Å². The predicted octanol–water partition coefficient (Wildman–Crippen LogP) is 5.89. The molecular formula is C23H20Cl2N2O2. The van der Waals surface area contributed by atoms with Crippen molar-refractivity contribution in [1.82, 2.24) is 0 Å². The Morgan fingerprint density at radius 1 is 1.00 bits per heavy atom. The molecule has 0 aromatic heterocycles. The molecule has 29 heavy (non-hydrogen) atoms. The lowest BCUT2D eigenvalue weighted by Gasteiger charge is -2.30. The third-order valence-electron chi connectivity index (χ3n) is 4.96. The van der Waals surface area contributed by atoms with Gasteiger partial charge in [-0.15, -0.1) is 0 Å². The topological polar surface area (TPSA) is 50.4 Å². The molecule has 3 aromatic carbocycles. The summed E-state index contributed by atoms with van der Waals surface area (Å²) < 4.78 is 5.52. The first kappa shape index (κ1) is 19.6. The zero-order valence-corrected chi connectivity index (χ0v) is 17.3. The monoisotopic (exact) mass is 426 g/mol. The van der Waals surface area contributed by atoms with E-state index in [9.17, 15) is 4.79 Å². The number of rotatable bonds is 6. The molecule has 1 heterocycles. The molecule has 2 N–H and O–H groups in total. The van der Waals surface area contributed by atoms with E-state index in [2.05, 4.69) is 10.6 Å². The minimum atomic E-state index is -0.988. The Morgan fingerprint density at radius 3 is 2.48 bits per heavy atom. The van der Waals surface area contributed by atoms with Crippen LogP contribution >= 0.6 is 23.2 Å².